The number of pyridine rings is 2. The molecule has 3 aromatic carbocycles. The van der Waals surface area contributed by atoms with E-state index in [1.54, 1.807) is 0 Å². The molecular weight excluding hydrogens is 460 g/mol. The molecule has 0 bridgehead atoms. The van der Waals surface area contributed by atoms with Gasteiger partial charge in [-0.05, 0) is 60.1 Å². The zero-order valence-corrected chi connectivity index (χ0v) is 22.3. The van der Waals surface area contributed by atoms with E-state index in [0.717, 1.165) is 25.9 Å². The van der Waals surface area contributed by atoms with Crippen LogP contribution in [-0.4, -0.2) is 0 Å². The fraction of sp³-hybridized carbons (Fsp3) is 0.222. The van der Waals surface area contributed by atoms with Crippen LogP contribution in [0.5, 0.6) is 0 Å². The van der Waals surface area contributed by atoms with Crippen LogP contribution in [0.4, 0.5) is 0 Å². The molecule has 0 atom stereocenters. The highest BCUT2D eigenvalue weighted by atomic mass is 14.9. The Hall–Kier alpha value is -4.04. The average molecular weight is 499 g/mol. The molecule has 0 aliphatic carbocycles. The lowest BCUT2D eigenvalue weighted by molar-refractivity contribution is -0.697. The topological polar surface area (TPSA) is 7.76 Å². The molecule has 0 N–H and O–H groups in total. The van der Waals surface area contributed by atoms with Gasteiger partial charge in [-0.2, -0.15) is 0 Å². The summed E-state index contributed by atoms with van der Waals surface area (Å²) in [5.74, 6) is 0. The standard InChI is InChI=1S/C36H38N2/c1-3-15-33(16-4-1)35-23-13-27-37(29-35)25-11-9-21-31-19-7-8-20-32(31)22-10-12-26-38-28-14-24-36(30-38)34-17-5-2-6-18-34/h1-8,13-20,23-24,27-30H,9-12,21-22,25-26H2/q+2. The highest BCUT2D eigenvalue weighted by Crippen LogP contribution is 2.18. The minimum atomic E-state index is 1.06. The Balaban J connectivity index is 1.08. The number of aromatic nitrogens is 2. The highest BCUT2D eigenvalue weighted by molar-refractivity contribution is 5.61. The van der Waals surface area contributed by atoms with Gasteiger partial charge < -0.3 is 0 Å². The minimum Gasteiger partial charge on any atom is -0.205 e. The number of unbranched alkanes of at least 4 members (excludes halogenated alkanes) is 2. The van der Waals surface area contributed by atoms with Crippen molar-refractivity contribution in [2.24, 2.45) is 0 Å². The molecule has 5 rings (SSSR count). The van der Waals surface area contributed by atoms with Gasteiger partial charge in [0.15, 0.2) is 24.8 Å². The van der Waals surface area contributed by atoms with Gasteiger partial charge in [0.05, 0.1) is 0 Å². The van der Waals surface area contributed by atoms with Crippen molar-refractivity contribution in [3.63, 3.8) is 0 Å². The van der Waals surface area contributed by atoms with E-state index in [2.05, 4.69) is 143 Å². The first-order chi connectivity index (χ1) is 18.8. The van der Waals surface area contributed by atoms with Crippen LogP contribution in [0.2, 0.25) is 0 Å². The van der Waals surface area contributed by atoms with Gasteiger partial charge in [-0.3, -0.25) is 0 Å². The van der Waals surface area contributed by atoms with Crippen LogP contribution >= 0.6 is 0 Å². The smallest absolute Gasteiger partial charge is 0.176 e. The Morgan fingerprint density at radius 2 is 0.763 bits per heavy atom. The van der Waals surface area contributed by atoms with E-state index < -0.39 is 0 Å². The van der Waals surface area contributed by atoms with Gasteiger partial charge in [-0.15, -0.1) is 0 Å². The predicted octanol–water partition coefficient (Wildman–Crippen LogP) is 7.64. The van der Waals surface area contributed by atoms with E-state index >= 15 is 0 Å². The lowest BCUT2D eigenvalue weighted by Gasteiger charge is -2.09. The Labute approximate surface area is 227 Å². The predicted molar refractivity (Wildman–Crippen MR) is 156 cm³/mol. The summed E-state index contributed by atoms with van der Waals surface area (Å²) in [6.45, 7) is 2.12. The van der Waals surface area contributed by atoms with E-state index in [9.17, 15) is 0 Å². The summed E-state index contributed by atoms with van der Waals surface area (Å²) in [5, 5.41) is 0. The van der Waals surface area contributed by atoms with E-state index in [-0.39, 0.29) is 0 Å². The fourth-order valence-electron chi connectivity index (χ4n) is 5.19. The van der Waals surface area contributed by atoms with Gasteiger partial charge in [0.25, 0.3) is 0 Å². The molecule has 0 aliphatic rings. The highest BCUT2D eigenvalue weighted by Gasteiger charge is 2.08. The normalized spacial score (nSPS) is 10.9. The number of rotatable bonds is 12. The van der Waals surface area contributed by atoms with Gasteiger partial charge >= 0.3 is 0 Å². The number of hydrogen-bond donors (Lipinski definition) is 0. The molecule has 5 aromatic rings. The third-order valence-corrected chi connectivity index (χ3v) is 7.27. The van der Waals surface area contributed by atoms with Crippen LogP contribution in [0.3, 0.4) is 0 Å². The summed E-state index contributed by atoms with van der Waals surface area (Å²) in [5.41, 5.74) is 8.16. The van der Waals surface area contributed by atoms with Crippen molar-refractivity contribution < 1.29 is 9.13 Å². The van der Waals surface area contributed by atoms with Crippen molar-refractivity contribution >= 4 is 0 Å². The van der Waals surface area contributed by atoms with Crippen molar-refractivity contribution in [1.82, 2.24) is 0 Å². The fourth-order valence-corrected chi connectivity index (χ4v) is 5.19. The lowest BCUT2D eigenvalue weighted by Crippen LogP contribution is -2.32. The van der Waals surface area contributed by atoms with E-state index in [0.29, 0.717) is 0 Å². The Kier molecular flexibility index (Phi) is 9.09. The summed E-state index contributed by atoms with van der Waals surface area (Å²) >= 11 is 0. The summed E-state index contributed by atoms with van der Waals surface area (Å²) in [6, 6.07) is 39.0. The molecule has 0 aliphatic heterocycles. The van der Waals surface area contributed by atoms with Gasteiger partial charge in [0.1, 0.15) is 13.1 Å². The van der Waals surface area contributed by atoms with Gasteiger partial charge in [0.2, 0.25) is 0 Å². The molecule has 0 spiro atoms. The Morgan fingerprint density at radius 1 is 0.368 bits per heavy atom. The van der Waals surface area contributed by atoms with E-state index in [1.165, 1.54) is 59.1 Å². The third kappa shape index (κ3) is 7.26. The largest absolute Gasteiger partial charge is 0.205 e. The number of benzene rings is 3. The second-order valence-corrected chi connectivity index (χ2v) is 10.1. The molecule has 0 saturated carbocycles. The Bertz CT molecular complexity index is 1300. The molecule has 0 saturated heterocycles. The minimum absolute atomic E-state index is 1.06. The van der Waals surface area contributed by atoms with Crippen LogP contribution in [0.1, 0.15) is 36.8 Å². The maximum Gasteiger partial charge on any atom is 0.176 e. The van der Waals surface area contributed by atoms with Crippen LogP contribution in [0.15, 0.2) is 134 Å². The first-order valence-corrected chi connectivity index (χ1v) is 14.0. The van der Waals surface area contributed by atoms with Crippen LogP contribution in [0.25, 0.3) is 22.3 Å². The SMILES string of the molecule is c1ccc(-c2ccc[n+](CCCCc3ccccc3CCCC[n+]3cccc(-c4ccccc4)c3)c2)cc1. The monoisotopic (exact) mass is 498 g/mol. The second-order valence-electron chi connectivity index (χ2n) is 10.1. The quantitative estimate of drug-likeness (QED) is 0.123. The summed E-state index contributed by atoms with van der Waals surface area (Å²) in [4.78, 5) is 0. The molecule has 0 fully saturated rings. The van der Waals surface area contributed by atoms with Crippen molar-refractivity contribution in [2.75, 3.05) is 0 Å². The average Bonchev–Trinajstić information content (AvgIpc) is 2.99. The molecule has 0 unspecified atom stereocenters. The van der Waals surface area contributed by atoms with Crippen molar-refractivity contribution in [1.29, 1.82) is 0 Å². The molecule has 2 nitrogen and oxygen atoms in total. The summed E-state index contributed by atoms with van der Waals surface area (Å²) in [6.07, 6.45) is 16.0. The molecule has 0 amide bonds. The zero-order chi connectivity index (χ0) is 25.8. The van der Waals surface area contributed by atoms with Crippen molar-refractivity contribution in [2.45, 2.75) is 51.6 Å². The summed E-state index contributed by atoms with van der Waals surface area (Å²) in [7, 11) is 0. The molecule has 2 aromatic heterocycles. The molecule has 0 radical (unpaired) electrons. The van der Waals surface area contributed by atoms with Crippen LogP contribution in [-0.2, 0) is 25.9 Å². The second kappa shape index (κ2) is 13.5. The molecule has 190 valence electrons. The maximum atomic E-state index is 2.33. The molecule has 2 heterocycles. The van der Waals surface area contributed by atoms with Gasteiger partial charge in [-0.1, -0.05) is 84.9 Å². The lowest BCUT2D eigenvalue weighted by atomic mass is 9.98. The number of hydrogen-bond acceptors (Lipinski definition) is 0. The Morgan fingerprint density at radius 3 is 1.21 bits per heavy atom. The van der Waals surface area contributed by atoms with Crippen molar-refractivity contribution in [3.8, 4) is 22.3 Å². The number of nitrogens with zero attached hydrogens (tertiary/aromatic N) is 2. The molecular formula is C36H38N2+2. The van der Waals surface area contributed by atoms with Gasteiger partial charge in [-0.25, -0.2) is 9.13 Å². The molecule has 38 heavy (non-hydrogen) atoms. The van der Waals surface area contributed by atoms with Crippen LogP contribution < -0.4 is 9.13 Å². The maximum absolute atomic E-state index is 2.33. The first kappa shape index (κ1) is 25.6. The third-order valence-electron chi connectivity index (χ3n) is 7.27. The molecule has 2 heteroatoms. The summed E-state index contributed by atoms with van der Waals surface area (Å²) < 4.78 is 4.66. The van der Waals surface area contributed by atoms with Gasteiger partial charge in [0, 0.05) is 36.1 Å². The van der Waals surface area contributed by atoms with Crippen LogP contribution in [0, 0.1) is 0 Å². The number of aryl methyl sites for hydroxylation is 4. The van der Waals surface area contributed by atoms with E-state index in [1.807, 2.05) is 0 Å². The van der Waals surface area contributed by atoms with Crippen molar-refractivity contribution in [3.05, 3.63) is 145 Å². The zero-order valence-electron chi connectivity index (χ0n) is 22.3. The first-order valence-electron chi connectivity index (χ1n) is 14.0. The van der Waals surface area contributed by atoms with E-state index in [4.69, 9.17) is 0 Å².